The lowest BCUT2D eigenvalue weighted by Crippen LogP contribution is -2.22. The van der Waals surface area contributed by atoms with E-state index >= 15 is 0 Å². The van der Waals surface area contributed by atoms with Gasteiger partial charge in [0.1, 0.15) is 0 Å². The Morgan fingerprint density at radius 2 is 1.55 bits per heavy atom. The minimum atomic E-state index is -4.36. The van der Waals surface area contributed by atoms with Crippen molar-refractivity contribution in [3.05, 3.63) is 71.3 Å². The van der Waals surface area contributed by atoms with Gasteiger partial charge in [-0.2, -0.15) is 13.2 Å². The Hall–Kier alpha value is -1.56. The molecule has 0 aliphatic heterocycles. The van der Waals surface area contributed by atoms with Gasteiger partial charge in [-0.3, -0.25) is 0 Å². The van der Waals surface area contributed by atoms with Crippen molar-refractivity contribution in [2.75, 3.05) is 6.54 Å². The Morgan fingerprint density at radius 1 is 0.955 bits per heavy atom. The Morgan fingerprint density at radius 3 is 2.18 bits per heavy atom. The molecule has 0 bridgehead atoms. The molecule has 2 aromatic rings. The maximum atomic E-state index is 12.8. The fourth-order valence-corrected chi connectivity index (χ4v) is 2.09. The number of halogens is 4. The molecule has 0 saturated carbocycles. The molecule has 0 amide bonds. The third-order valence-electron chi connectivity index (χ3n) is 3.16. The summed E-state index contributed by atoms with van der Waals surface area (Å²) in [6.45, 7) is 0.246. The molecule has 1 unspecified atom stereocenters. The number of nitrogens with one attached hydrogen (secondary N) is 1. The molecule has 2 nitrogen and oxygen atoms in total. The van der Waals surface area contributed by atoms with Crippen LogP contribution in [0.5, 0.6) is 0 Å². The van der Waals surface area contributed by atoms with Crippen LogP contribution in [0.2, 0.25) is 0 Å². The first-order valence-electron chi connectivity index (χ1n) is 6.57. The summed E-state index contributed by atoms with van der Waals surface area (Å²) in [4.78, 5) is 0. The fraction of sp³-hybridized carbons (Fsp3) is 0.250. The Bertz CT molecular complexity index is 575. The van der Waals surface area contributed by atoms with Crippen LogP contribution in [0.1, 0.15) is 22.8 Å². The van der Waals surface area contributed by atoms with Crippen LogP contribution >= 0.6 is 12.4 Å². The third kappa shape index (κ3) is 5.02. The van der Waals surface area contributed by atoms with Gasteiger partial charge in [-0.1, -0.05) is 48.5 Å². The van der Waals surface area contributed by atoms with Crippen LogP contribution in [0, 0.1) is 0 Å². The number of aliphatic hydroxyl groups is 1. The number of aliphatic hydroxyl groups excluding tert-OH is 1. The lowest BCUT2D eigenvalue weighted by atomic mass is 10.1. The molecule has 0 aliphatic carbocycles. The van der Waals surface area contributed by atoms with Crippen molar-refractivity contribution in [3.8, 4) is 0 Å². The van der Waals surface area contributed by atoms with Crippen LogP contribution in [0.25, 0.3) is 0 Å². The van der Waals surface area contributed by atoms with Gasteiger partial charge in [-0.05, 0) is 17.2 Å². The van der Waals surface area contributed by atoms with Crippen molar-refractivity contribution in [1.82, 2.24) is 5.32 Å². The van der Waals surface area contributed by atoms with Crippen molar-refractivity contribution in [3.63, 3.8) is 0 Å². The zero-order chi connectivity index (χ0) is 15.3. The maximum Gasteiger partial charge on any atom is 0.416 e. The molecular formula is C16H17ClF3NO. The molecule has 22 heavy (non-hydrogen) atoms. The van der Waals surface area contributed by atoms with Gasteiger partial charge in [0.05, 0.1) is 11.7 Å². The van der Waals surface area contributed by atoms with Crippen molar-refractivity contribution in [1.29, 1.82) is 0 Å². The van der Waals surface area contributed by atoms with Crippen molar-refractivity contribution in [2.45, 2.75) is 18.8 Å². The SMILES string of the molecule is Cl.OC(CNCc1ccccc1C(F)(F)F)c1ccccc1. The van der Waals surface area contributed by atoms with Crippen LogP contribution in [-0.4, -0.2) is 11.7 Å². The number of alkyl halides is 3. The third-order valence-corrected chi connectivity index (χ3v) is 3.16. The zero-order valence-corrected chi connectivity index (χ0v) is 12.5. The fourth-order valence-electron chi connectivity index (χ4n) is 2.09. The van der Waals surface area contributed by atoms with Crippen LogP contribution in [0.15, 0.2) is 54.6 Å². The van der Waals surface area contributed by atoms with E-state index in [1.54, 1.807) is 30.3 Å². The van der Waals surface area contributed by atoms with E-state index in [4.69, 9.17) is 0 Å². The molecule has 2 N–H and O–H groups in total. The smallest absolute Gasteiger partial charge is 0.387 e. The van der Waals surface area contributed by atoms with E-state index in [-0.39, 0.29) is 31.1 Å². The van der Waals surface area contributed by atoms with Crippen LogP contribution < -0.4 is 5.32 Å². The number of rotatable bonds is 5. The monoisotopic (exact) mass is 331 g/mol. The van der Waals surface area contributed by atoms with Gasteiger partial charge in [-0.15, -0.1) is 12.4 Å². The molecule has 0 spiro atoms. The molecule has 120 valence electrons. The predicted molar refractivity (Wildman–Crippen MR) is 81.8 cm³/mol. The van der Waals surface area contributed by atoms with Crippen molar-refractivity contribution < 1.29 is 18.3 Å². The molecule has 0 heterocycles. The normalized spacial score (nSPS) is 12.5. The summed E-state index contributed by atoms with van der Waals surface area (Å²) in [6.07, 6.45) is -5.11. The summed E-state index contributed by atoms with van der Waals surface area (Å²) < 4.78 is 38.5. The summed E-state index contributed by atoms with van der Waals surface area (Å²) in [5.41, 5.74) is 0.256. The predicted octanol–water partition coefficient (Wildman–Crippen LogP) is 3.95. The topological polar surface area (TPSA) is 32.3 Å². The van der Waals surface area contributed by atoms with Crippen LogP contribution in [0.4, 0.5) is 13.2 Å². The van der Waals surface area contributed by atoms with Crippen molar-refractivity contribution >= 4 is 12.4 Å². The summed E-state index contributed by atoms with van der Waals surface area (Å²) in [5, 5.41) is 12.8. The minimum Gasteiger partial charge on any atom is -0.387 e. The highest BCUT2D eigenvalue weighted by Gasteiger charge is 2.32. The Labute approximate surface area is 133 Å². The highest BCUT2D eigenvalue weighted by molar-refractivity contribution is 5.85. The van der Waals surface area contributed by atoms with Gasteiger partial charge in [-0.25, -0.2) is 0 Å². The Kier molecular flexibility index (Phi) is 6.87. The first-order valence-corrected chi connectivity index (χ1v) is 6.57. The maximum absolute atomic E-state index is 12.8. The minimum absolute atomic E-state index is 0. The molecule has 0 aromatic heterocycles. The standard InChI is InChI=1S/C16H16F3NO.ClH/c17-16(18,19)14-9-5-4-8-13(14)10-20-11-15(21)12-6-2-1-3-7-12;/h1-9,15,20-21H,10-11H2;1H. The number of hydrogen-bond donors (Lipinski definition) is 2. The molecule has 2 aromatic carbocycles. The van der Waals surface area contributed by atoms with Gasteiger partial charge in [0.2, 0.25) is 0 Å². The molecule has 0 fully saturated rings. The summed E-state index contributed by atoms with van der Waals surface area (Å²) >= 11 is 0. The zero-order valence-electron chi connectivity index (χ0n) is 11.7. The molecule has 0 radical (unpaired) electrons. The molecule has 0 aliphatic rings. The van der Waals surface area contributed by atoms with E-state index in [0.29, 0.717) is 0 Å². The number of hydrogen-bond acceptors (Lipinski definition) is 2. The second kappa shape index (κ2) is 8.17. The van der Waals surface area contributed by atoms with E-state index in [1.807, 2.05) is 6.07 Å². The summed E-state index contributed by atoms with van der Waals surface area (Å²) in [6, 6.07) is 14.4. The largest absolute Gasteiger partial charge is 0.416 e. The quantitative estimate of drug-likeness (QED) is 0.869. The second-order valence-corrected chi connectivity index (χ2v) is 4.71. The lowest BCUT2D eigenvalue weighted by molar-refractivity contribution is -0.138. The number of benzene rings is 2. The van der Waals surface area contributed by atoms with E-state index < -0.39 is 17.8 Å². The van der Waals surface area contributed by atoms with Crippen molar-refractivity contribution in [2.24, 2.45) is 0 Å². The summed E-state index contributed by atoms with van der Waals surface area (Å²) in [5.74, 6) is 0. The Balaban J connectivity index is 0.00000242. The van der Waals surface area contributed by atoms with Gasteiger partial charge >= 0.3 is 6.18 Å². The highest BCUT2D eigenvalue weighted by Crippen LogP contribution is 2.31. The van der Waals surface area contributed by atoms with Gasteiger partial charge in [0, 0.05) is 13.1 Å². The van der Waals surface area contributed by atoms with E-state index in [9.17, 15) is 18.3 Å². The first-order chi connectivity index (χ1) is 9.98. The van der Waals surface area contributed by atoms with Crippen LogP contribution in [-0.2, 0) is 12.7 Å². The molecule has 2 rings (SSSR count). The van der Waals surface area contributed by atoms with Gasteiger partial charge in [0.15, 0.2) is 0 Å². The lowest BCUT2D eigenvalue weighted by Gasteiger charge is -2.15. The molecule has 0 saturated heterocycles. The molecule has 6 heteroatoms. The average Bonchev–Trinajstić information content (AvgIpc) is 2.47. The highest BCUT2D eigenvalue weighted by atomic mass is 35.5. The van der Waals surface area contributed by atoms with E-state index in [0.717, 1.165) is 11.6 Å². The van der Waals surface area contributed by atoms with Gasteiger partial charge < -0.3 is 10.4 Å². The van der Waals surface area contributed by atoms with Gasteiger partial charge in [0.25, 0.3) is 0 Å². The average molecular weight is 332 g/mol. The van der Waals surface area contributed by atoms with Crippen LogP contribution in [0.3, 0.4) is 0 Å². The first kappa shape index (κ1) is 18.5. The summed E-state index contributed by atoms with van der Waals surface area (Å²) in [7, 11) is 0. The molecular weight excluding hydrogens is 315 g/mol. The molecule has 1 atom stereocenters. The van der Waals surface area contributed by atoms with E-state index in [1.165, 1.54) is 12.1 Å². The second-order valence-electron chi connectivity index (χ2n) is 4.71. The van der Waals surface area contributed by atoms with E-state index in [2.05, 4.69) is 5.32 Å².